The number of nitrogens with zero attached hydrogens (tertiary/aromatic N) is 1. The molecule has 0 radical (unpaired) electrons. The Balaban J connectivity index is 3.13. The Hall–Kier alpha value is 0.200. The van der Waals surface area contributed by atoms with Gasteiger partial charge in [-0.1, -0.05) is 0 Å². The van der Waals surface area contributed by atoms with Gasteiger partial charge in [-0.05, 0) is 11.8 Å². The average Bonchev–Trinajstić information content (AvgIpc) is 1.27. The summed E-state index contributed by atoms with van der Waals surface area (Å²) in [5.74, 6) is -0.966. The summed E-state index contributed by atoms with van der Waals surface area (Å²) in [6.45, 7) is -0.207. The van der Waals surface area contributed by atoms with Gasteiger partial charge in [-0.25, -0.2) is 0 Å². The molecule has 0 heterocycles. The molecule has 0 saturated carbocycles. The van der Waals surface area contributed by atoms with Crippen LogP contribution in [0.3, 0.4) is 0 Å². The monoisotopic (exact) mass is 187 g/mol. The Labute approximate surface area is 54.3 Å². The summed E-state index contributed by atoms with van der Waals surface area (Å²) >= 11 is 7.73. The highest BCUT2D eigenvalue weighted by Gasteiger charge is 1.99. The van der Waals surface area contributed by atoms with Crippen molar-refractivity contribution in [2.45, 2.75) is 0 Å². The number of rotatable bonds is 2. The highest BCUT2D eigenvalue weighted by atomic mass is 79.9. The Morgan fingerprint density at radius 1 is 2.00 bits per heavy atom. The molecule has 0 saturated heterocycles. The third kappa shape index (κ3) is 6.20. The van der Waals surface area contributed by atoms with Crippen LogP contribution in [0.2, 0.25) is 0 Å². The van der Waals surface area contributed by atoms with Gasteiger partial charge in [0.05, 0.1) is 0 Å². The number of carboxylic acids is 1. The summed E-state index contributed by atoms with van der Waals surface area (Å²) in [7, 11) is 0. The molecular formula is C2H3BrClNO2. The first-order valence-electron chi connectivity index (χ1n) is 1.44. The molecular weight excluding hydrogens is 185 g/mol. The summed E-state index contributed by atoms with van der Waals surface area (Å²) in [5, 5.41) is 7.93. The third-order valence-corrected chi connectivity index (χ3v) is 0.625. The van der Waals surface area contributed by atoms with E-state index in [1.54, 1.807) is 0 Å². The summed E-state index contributed by atoms with van der Waals surface area (Å²) < 4.78 is 0.884. The van der Waals surface area contributed by atoms with Gasteiger partial charge in [0.1, 0.15) is 6.54 Å². The predicted octanol–water partition coefficient (Wildman–Crippen LogP) is 0.837. The smallest absolute Gasteiger partial charge is 0.320 e. The van der Waals surface area contributed by atoms with Crippen LogP contribution in [0.1, 0.15) is 0 Å². The first-order chi connectivity index (χ1) is 3.13. The lowest BCUT2D eigenvalue weighted by Gasteiger charge is -1.94. The SMILES string of the molecule is O=C(O)CN(Cl)Br. The second-order valence-electron chi connectivity index (χ2n) is 0.855. The number of aliphatic carboxylic acids is 1. The Bertz CT molecular complexity index is 76.1. The van der Waals surface area contributed by atoms with Crippen molar-refractivity contribution in [1.82, 2.24) is 3.45 Å². The second kappa shape index (κ2) is 3.23. The van der Waals surface area contributed by atoms with Gasteiger partial charge >= 0.3 is 5.97 Å². The molecule has 0 aromatic rings. The van der Waals surface area contributed by atoms with E-state index in [1.807, 2.05) is 0 Å². The lowest BCUT2D eigenvalue weighted by atomic mass is 10.7. The van der Waals surface area contributed by atoms with Crippen molar-refractivity contribution in [2.75, 3.05) is 6.54 Å². The number of carbonyl (C=O) groups is 1. The van der Waals surface area contributed by atoms with E-state index in [-0.39, 0.29) is 6.54 Å². The molecule has 0 rings (SSSR count). The maximum Gasteiger partial charge on any atom is 0.320 e. The molecule has 0 aliphatic heterocycles. The maximum absolute atomic E-state index is 9.65. The van der Waals surface area contributed by atoms with Crippen LogP contribution in [0.25, 0.3) is 0 Å². The van der Waals surface area contributed by atoms with Gasteiger partial charge in [0, 0.05) is 16.1 Å². The molecule has 42 valence electrons. The van der Waals surface area contributed by atoms with E-state index in [9.17, 15) is 4.79 Å². The molecule has 3 nitrogen and oxygen atoms in total. The summed E-state index contributed by atoms with van der Waals surface area (Å²) in [5.41, 5.74) is 0. The molecule has 7 heavy (non-hydrogen) atoms. The van der Waals surface area contributed by atoms with Crippen molar-refractivity contribution in [3.05, 3.63) is 0 Å². The number of hydrogen-bond donors (Lipinski definition) is 1. The highest BCUT2D eigenvalue weighted by Crippen LogP contribution is 1.98. The molecule has 0 aliphatic rings. The Kier molecular flexibility index (Phi) is 3.33. The van der Waals surface area contributed by atoms with E-state index >= 15 is 0 Å². The van der Waals surface area contributed by atoms with E-state index in [1.165, 1.54) is 0 Å². The van der Waals surface area contributed by atoms with Crippen molar-refractivity contribution < 1.29 is 9.90 Å². The zero-order valence-electron chi connectivity index (χ0n) is 3.27. The van der Waals surface area contributed by atoms with E-state index in [2.05, 4.69) is 16.1 Å². The van der Waals surface area contributed by atoms with Gasteiger partial charge < -0.3 is 5.11 Å². The second-order valence-corrected chi connectivity index (χ2v) is 2.53. The van der Waals surface area contributed by atoms with Gasteiger partial charge in [0.15, 0.2) is 0 Å². The fourth-order valence-corrected chi connectivity index (χ4v) is 0.419. The van der Waals surface area contributed by atoms with Crippen molar-refractivity contribution >= 4 is 33.9 Å². The largest absolute Gasteiger partial charge is 0.480 e. The van der Waals surface area contributed by atoms with E-state index < -0.39 is 5.97 Å². The lowest BCUT2D eigenvalue weighted by Crippen LogP contribution is -2.10. The van der Waals surface area contributed by atoms with Crippen LogP contribution < -0.4 is 0 Å². The van der Waals surface area contributed by atoms with Crippen LogP contribution >= 0.6 is 27.9 Å². The molecule has 0 bridgehead atoms. The average molecular weight is 188 g/mol. The van der Waals surface area contributed by atoms with Gasteiger partial charge in [-0.2, -0.15) is 0 Å². The maximum atomic E-state index is 9.65. The van der Waals surface area contributed by atoms with Gasteiger partial charge in [0.25, 0.3) is 0 Å². The van der Waals surface area contributed by atoms with Crippen molar-refractivity contribution in [2.24, 2.45) is 0 Å². The van der Waals surface area contributed by atoms with Crippen LogP contribution in [-0.4, -0.2) is 21.1 Å². The minimum atomic E-state index is -0.966. The van der Waals surface area contributed by atoms with Crippen LogP contribution in [0.15, 0.2) is 0 Å². The van der Waals surface area contributed by atoms with Crippen molar-refractivity contribution in [1.29, 1.82) is 0 Å². The molecule has 0 unspecified atom stereocenters. The normalized spacial score (nSPS) is 9.57. The van der Waals surface area contributed by atoms with E-state index in [0.29, 0.717) is 0 Å². The zero-order chi connectivity index (χ0) is 5.86. The number of carboxylic acid groups (broad SMARTS) is 1. The highest BCUT2D eigenvalue weighted by molar-refractivity contribution is 9.08. The quantitative estimate of drug-likeness (QED) is 0.653. The molecule has 0 aliphatic carbocycles. The predicted molar refractivity (Wildman–Crippen MR) is 29.1 cm³/mol. The Morgan fingerprint density at radius 3 is 2.43 bits per heavy atom. The first-order valence-corrected chi connectivity index (χ1v) is 2.48. The topological polar surface area (TPSA) is 40.5 Å². The van der Waals surface area contributed by atoms with Crippen LogP contribution in [0.5, 0.6) is 0 Å². The summed E-state index contributed by atoms with van der Waals surface area (Å²) in [6, 6.07) is 0. The summed E-state index contributed by atoms with van der Waals surface area (Å²) in [6.07, 6.45) is 0. The van der Waals surface area contributed by atoms with Crippen molar-refractivity contribution in [3.63, 3.8) is 0 Å². The molecule has 0 atom stereocenters. The Morgan fingerprint density at radius 2 is 2.43 bits per heavy atom. The molecule has 0 amide bonds. The van der Waals surface area contributed by atoms with Crippen LogP contribution in [0.4, 0.5) is 0 Å². The van der Waals surface area contributed by atoms with Crippen LogP contribution in [-0.2, 0) is 4.79 Å². The van der Waals surface area contributed by atoms with Gasteiger partial charge in [0.2, 0.25) is 0 Å². The molecule has 5 heteroatoms. The first kappa shape index (κ1) is 7.20. The molecule has 0 aromatic carbocycles. The number of halogens is 2. The standard InChI is InChI=1S/C2H3BrClNO2/c3-5(4)1-2(6)7/h1H2,(H,6,7). The molecule has 1 N–H and O–H groups in total. The minimum Gasteiger partial charge on any atom is -0.480 e. The van der Waals surface area contributed by atoms with Crippen LogP contribution in [0, 0.1) is 0 Å². The molecule has 0 aromatic heterocycles. The molecule has 0 spiro atoms. The van der Waals surface area contributed by atoms with Gasteiger partial charge in [-0.3, -0.25) is 4.79 Å². The van der Waals surface area contributed by atoms with E-state index in [4.69, 9.17) is 16.9 Å². The summed E-state index contributed by atoms with van der Waals surface area (Å²) in [4.78, 5) is 9.65. The van der Waals surface area contributed by atoms with E-state index in [0.717, 1.165) is 3.45 Å². The fourth-order valence-electron chi connectivity index (χ4n) is 0.102. The lowest BCUT2D eigenvalue weighted by molar-refractivity contribution is -0.136. The van der Waals surface area contributed by atoms with Gasteiger partial charge in [-0.15, -0.1) is 3.45 Å². The van der Waals surface area contributed by atoms with Crippen molar-refractivity contribution in [3.8, 4) is 0 Å². The third-order valence-electron chi connectivity index (χ3n) is 0.255. The fraction of sp³-hybridized carbons (Fsp3) is 0.500. The molecule has 0 fully saturated rings. The number of hydrogen-bond acceptors (Lipinski definition) is 2. The zero-order valence-corrected chi connectivity index (χ0v) is 5.61. The minimum absolute atomic E-state index is 0.207.